The topological polar surface area (TPSA) is 71.6 Å². The van der Waals surface area contributed by atoms with Gasteiger partial charge in [-0.05, 0) is 30.9 Å². The van der Waals surface area contributed by atoms with E-state index >= 15 is 0 Å². The SMILES string of the molecule is COc1ccc(N2CCC([C@@H](N)c3cc(Cl)c(Cl)cc3O)CC2)cn1. The van der Waals surface area contributed by atoms with Crippen LogP contribution in [0.5, 0.6) is 11.6 Å². The third-order valence-corrected chi connectivity index (χ3v) is 5.49. The van der Waals surface area contributed by atoms with Crippen molar-refractivity contribution in [2.45, 2.75) is 18.9 Å². The number of nitrogens with two attached hydrogens (primary N) is 1. The quantitative estimate of drug-likeness (QED) is 0.836. The molecule has 0 spiro atoms. The van der Waals surface area contributed by atoms with Gasteiger partial charge in [0.05, 0.1) is 29.0 Å². The van der Waals surface area contributed by atoms with Crippen LogP contribution in [0.25, 0.3) is 0 Å². The van der Waals surface area contributed by atoms with Gasteiger partial charge in [-0.3, -0.25) is 0 Å². The molecule has 1 aromatic heterocycles. The average molecular weight is 382 g/mol. The fraction of sp³-hybridized carbons (Fsp3) is 0.389. The van der Waals surface area contributed by atoms with Crippen molar-refractivity contribution in [3.05, 3.63) is 46.1 Å². The molecule has 25 heavy (non-hydrogen) atoms. The van der Waals surface area contributed by atoms with Gasteiger partial charge in [0.25, 0.3) is 0 Å². The first-order valence-corrected chi connectivity index (χ1v) is 8.93. The average Bonchev–Trinajstić information content (AvgIpc) is 2.64. The van der Waals surface area contributed by atoms with E-state index in [0.29, 0.717) is 21.5 Å². The normalized spacial score (nSPS) is 16.7. The number of halogens is 2. The number of pyridine rings is 1. The van der Waals surface area contributed by atoms with Crippen LogP contribution in [0, 0.1) is 5.92 Å². The number of piperidine rings is 1. The molecule has 2 heterocycles. The molecule has 1 atom stereocenters. The standard InChI is InChI=1S/C18H21Cl2N3O2/c1-25-17-3-2-12(10-22-17)23-6-4-11(5-7-23)18(21)13-8-14(19)15(20)9-16(13)24/h2-3,8-11,18,24H,4-7,21H2,1H3/t18-/m1/s1. The van der Waals surface area contributed by atoms with Crippen molar-refractivity contribution in [1.29, 1.82) is 0 Å². The van der Waals surface area contributed by atoms with Gasteiger partial charge in [0, 0.05) is 36.8 Å². The number of benzene rings is 1. The van der Waals surface area contributed by atoms with E-state index in [1.165, 1.54) is 6.07 Å². The van der Waals surface area contributed by atoms with Crippen LogP contribution in [0.15, 0.2) is 30.5 Å². The number of hydrogen-bond acceptors (Lipinski definition) is 5. The predicted molar refractivity (Wildman–Crippen MR) is 101 cm³/mol. The molecule has 0 unspecified atom stereocenters. The Balaban J connectivity index is 1.66. The van der Waals surface area contributed by atoms with Gasteiger partial charge in [-0.1, -0.05) is 23.2 Å². The third kappa shape index (κ3) is 3.94. The van der Waals surface area contributed by atoms with E-state index in [0.717, 1.165) is 31.6 Å². The van der Waals surface area contributed by atoms with Gasteiger partial charge in [0.2, 0.25) is 5.88 Å². The number of methoxy groups -OCH3 is 1. The molecule has 7 heteroatoms. The van der Waals surface area contributed by atoms with E-state index < -0.39 is 0 Å². The van der Waals surface area contributed by atoms with E-state index in [-0.39, 0.29) is 17.7 Å². The van der Waals surface area contributed by atoms with Crippen LogP contribution in [0.3, 0.4) is 0 Å². The van der Waals surface area contributed by atoms with Crippen molar-refractivity contribution >= 4 is 28.9 Å². The zero-order chi connectivity index (χ0) is 18.0. The summed E-state index contributed by atoms with van der Waals surface area (Å²) in [6.45, 7) is 1.77. The predicted octanol–water partition coefficient (Wildman–Crippen LogP) is 4.02. The van der Waals surface area contributed by atoms with Crippen LogP contribution in [-0.4, -0.2) is 30.3 Å². The Bertz CT molecular complexity index is 732. The summed E-state index contributed by atoms with van der Waals surface area (Å²) >= 11 is 12.0. The summed E-state index contributed by atoms with van der Waals surface area (Å²) < 4.78 is 5.09. The molecule has 1 aliphatic heterocycles. The second kappa shape index (κ2) is 7.68. The number of ether oxygens (including phenoxy) is 1. The van der Waals surface area contributed by atoms with E-state index in [2.05, 4.69) is 9.88 Å². The lowest BCUT2D eigenvalue weighted by atomic mass is 9.85. The molecule has 0 bridgehead atoms. The fourth-order valence-electron chi connectivity index (χ4n) is 3.27. The maximum absolute atomic E-state index is 10.1. The Hall–Kier alpha value is -1.69. The molecule has 0 saturated carbocycles. The second-order valence-corrected chi connectivity index (χ2v) is 7.05. The lowest BCUT2D eigenvalue weighted by Gasteiger charge is -2.36. The number of phenols is 1. The Morgan fingerprint density at radius 2 is 1.92 bits per heavy atom. The number of rotatable bonds is 4. The van der Waals surface area contributed by atoms with E-state index in [9.17, 15) is 5.11 Å². The lowest BCUT2D eigenvalue weighted by Crippen LogP contribution is -2.37. The number of phenolic OH excluding ortho intramolecular Hbond substituents is 1. The highest BCUT2D eigenvalue weighted by molar-refractivity contribution is 6.42. The van der Waals surface area contributed by atoms with Crippen LogP contribution < -0.4 is 15.4 Å². The third-order valence-electron chi connectivity index (χ3n) is 4.77. The van der Waals surface area contributed by atoms with Gasteiger partial charge in [-0.2, -0.15) is 0 Å². The second-order valence-electron chi connectivity index (χ2n) is 6.23. The highest BCUT2D eigenvalue weighted by Gasteiger charge is 2.27. The zero-order valence-corrected chi connectivity index (χ0v) is 15.5. The van der Waals surface area contributed by atoms with Crippen molar-refractivity contribution in [1.82, 2.24) is 4.98 Å². The minimum atomic E-state index is -0.272. The molecule has 134 valence electrons. The minimum absolute atomic E-state index is 0.101. The number of nitrogens with zero attached hydrogens (tertiary/aromatic N) is 2. The number of anilines is 1. The molecule has 3 N–H and O–H groups in total. The van der Waals surface area contributed by atoms with Gasteiger partial charge in [0.15, 0.2) is 0 Å². The molecule has 2 aromatic rings. The first kappa shape index (κ1) is 18.1. The van der Waals surface area contributed by atoms with Gasteiger partial charge in [-0.25, -0.2) is 4.98 Å². The van der Waals surface area contributed by atoms with Crippen molar-refractivity contribution in [2.75, 3.05) is 25.1 Å². The van der Waals surface area contributed by atoms with E-state index in [1.807, 2.05) is 18.3 Å². The Morgan fingerprint density at radius 1 is 1.24 bits per heavy atom. The maximum Gasteiger partial charge on any atom is 0.213 e. The van der Waals surface area contributed by atoms with E-state index in [4.69, 9.17) is 33.7 Å². The first-order chi connectivity index (χ1) is 12.0. The number of hydrogen-bond donors (Lipinski definition) is 2. The van der Waals surface area contributed by atoms with Crippen LogP contribution in [0.1, 0.15) is 24.4 Å². The first-order valence-electron chi connectivity index (χ1n) is 8.18. The van der Waals surface area contributed by atoms with Gasteiger partial charge in [0.1, 0.15) is 5.75 Å². The lowest BCUT2D eigenvalue weighted by molar-refractivity contribution is 0.336. The zero-order valence-electron chi connectivity index (χ0n) is 14.0. The summed E-state index contributed by atoms with van der Waals surface area (Å²) in [6.07, 6.45) is 3.67. The summed E-state index contributed by atoms with van der Waals surface area (Å²) in [4.78, 5) is 6.54. The Morgan fingerprint density at radius 3 is 2.52 bits per heavy atom. The molecule has 0 aliphatic carbocycles. The van der Waals surface area contributed by atoms with Crippen molar-refractivity contribution in [3.63, 3.8) is 0 Å². The monoisotopic (exact) mass is 381 g/mol. The Labute approximate surface area is 157 Å². The smallest absolute Gasteiger partial charge is 0.213 e. The maximum atomic E-state index is 10.1. The summed E-state index contributed by atoms with van der Waals surface area (Å²) in [6, 6.07) is 6.73. The molecular weight excluding hydrogens is 361 g/mol. The van der Waals surface area contributed by atoms with Crippen molar-refractivity contribution in [3.8, 4) is 11.6 Å². The summed E-state index contributed by atoms with van der Waals surface area (Å²) in [5.74, 6) is 0.977. The van der Waals surface area contributed by atoms with Gasteiger partial charge in [-0.15, -0.1) is 0 Å². The summed E-state index contributed by atoms with van der Waals surface area (Å²) in [7, 11) is 1.60. The molecule has 1 saturated heterocycles. The van der Waals surface area contributed by atoms with E-state index in [1.54, 1.807) is 13.2 Å². The number of aromatic hydroxyl groups is 1. The highest BCUT2D eigenvalue weighted by Crippen LogP contribution is 2.38. The van der Waals surface area contributed by atoms with Crippen molar-refractivity contribution in [2.24, 2.45) is 11.7 Å². The number of aromatic nitrogens is 1. The summed E-state index contributed by atoms with van der Waals surface area (Å²) in [5.41, 5.74) is 8.13. The van der Waals surface area contributed by atoms with Gasteiger partial charge < -0.3 is 20.5 Å². The molecule has 1 aromatic carbocycles. The molecule has 0 radical (unpaired) electrons. The summed E-state index contributed by atoms with van der Waals surface area (Å²) in [5, 5.41) is 10.9. The molecule has 5 nitrogen and oxygen atoms in total. The molecule has 1 aliphatic rings. The van der Waals surface area contributed by atoms with Crippen LogP contribution >= 0.6 is 23.2 Å². The highest BCUT2D eigenvalue weighted by atomic mass is 35.5. The molecule has 0 amide bonds. The molecular formula is C18H21Cl2N3O2. The molecule has 3 rings (SSSR count). The van der Waals surface area contributed by atoms with Crippen LogP contribution in [0.4, 0.5) is 5.69 Å². The Kier molecular flexibility index (Phi) is 5.57. The van der Waals surface area contributed by atoms with Crippen molar-refractivity contribution < 1.29 is 9.84 Å². The minimum Gasteiger partial charge on any atom is -0.508 e. The van der Waals surface area contributed by atoms with Crippen LogP contribution in [0.2, 0.25) is 10.0 Å². The fourth-order valence-corrected chi connectivity index (χ4v) is 3.60. The van der Waals surface area contributed by atoms with Gasteiger partial charge >= 0.3 is 0 Å². The van der Waals surface area contributed by atoms with Crippen LogP contribution in [-0.2, 0) is 0 Å². The largest absolute Gasteiger partial charge is 0.508 e. The molecule has 1 fully saturated rings.